The summed E-state index contributed by atoms with van der Waals surface area (Å²) in [5.74, 6) is 0.0966. The molecule has 2 rings (SSSR count). The molecule has 0 radical (unpaired) electrons. The summed E-state index contributed by atoms with van der Waals surface area (Å²) in [6, 6.07) is 3.11. The van der Waals surface area contributed by atoms with Crippen LogP contribution >= 0.6 is 23.4 Å². The maximum Gasteiger partial charge on any atom is 0.266 e. The highest BCUT2D eigenvalue weighted by Gasteiger charge is 2.32. The molecule has 1 heterocycles. The van der Waals surface area contributed by atoms with Crippen molar-refractivity contribution in [3.05, 3.63) is 27.6 Å². The van der Waals surface area contributed by atoms with Crippen molar-refractivity contribution >= 4 is 40.5 Å². The van der Waals surface area contributed by atoms with Crippen LogP contribution in [0.5, 0.6) is 11.5 Å². The molecule has 0 unspecified atom stereocenters. The Hall–Kier alpha value is -1.66. The average Bonchev–Trinajstić information content (AvgIpc) is 2.78. The van der Waals surface area contributed by atoms with Crippen molar-refractivity contribution in [2.45, 2.75) is 13.8 Å². The number of carbonyl (C=O) groups excluding carboxylic acids is 1. The van der Waals surface area contributed by atoms with Gasteiger partial charge < -0.3 is 9.84 Å². The number of phenolic OH excluding ortho intramolecular Hbond substituents is 1. The minimum absolute atomic E-state index is 0.0447. The van der Waals surface area contributed by atoms with Crippen molar-refractivity contribution < 1.29 is 14.6 Å². The van der Waals surface area contributed by atoms with E-state index >= 15 is 0 Å². The monoisotopic (exact) mass is 340 g/mol. The van der Waals surface area contributed by atoms with Gasteiger partial charge in [0.05, 0.1) is 12.0 Å². The number of carbonyl (C=O) groups is 1. The number of amidine groups is 1. The van der Waals surface area contributed by atoms with Gasteiger partial charge in [0.15, 0.2) is 16.7 Å². The molecular formula is C15H17ClN2O3S. The number of phenols is 1. The van der Waals surface area contributed by atoms with Crippen molar-refractivity contribution in [2.75, 3.05) is 20.2 Å². The molecule has 1 aromatic rings. The van der Waals surface area contributed by atoms with Gasteiger partial charge in [-0.1, -0.05) is 11.6 Å². The Morgan fingerprint density at radius 3 is 2.77 bits per heavy atom. The molecule has 0 atom stereocenters. The number of thioether (sulfide) groups is 1. The lowest BCUT2D eigenvalue weighted by molar-refractivity contribution is -0.122. The van der Waals surface area contributed by atoms with Crippen LogP contribution in [0, 0.1) is 0 Å². The molecule has 0 spiro atoms. The zero-order valence-electron chi connectivity index (χ0n) is 12.6. The number of halogens is 1. The molecule has 118 valence electrons. The molecule has 5 nitrogen and oxygen atoms in total. The lowest BCUT2D eigenvalue weighted by atomic mass is 10.1. The van der Waals surface area contributed by atoms with Crippen molar-refractivity contribution in [1.29, 1.82) is 0 Å². The number of amides is 1. The number of ether oxygens (including phenoxy) is 1. The third-order valence-corrected chi connectivity index (χ3v) is 4.34. The van der Waals surface area contributed by atoms with Crippen molar-refractivity contribution in [1.82, 2.24) is 4.90 Å². The maximum absolute atomic E-state index is 12.4. The van der Waals surface area contributed by atoms with Crippen LogP contribution in [0.25, 0.3) is 6.08 Å². The Morgan fingerprint density at radius 2 is 2.18 bits per heavy atom. The molecule has 1 aliphatic rings. The van der Waals surface area contributed by atoms with Gasteiger partial charge in [-0.3, -0.25) is 14.7 Å². The largest absolute Gasteiger partial charge is 0.504 e. The van der Waals surface area contributed by atoms with Crippen molar-refractivity contribution in [2.24, 2.45) is 4.99 Å². The number of hydrogen-bond acceptors (Lipinski definition) is 5. The molecule has 0 bridgehead atoms. The summed E-state index contributed by atoms with van der Waals surface area (Å²) >= 11 is 7.30. The second-order valence-corrected chi connectivity index (χ2v) is 5.91. The standard InChI is InChI=1S/C15H17ClN2O3S/c1-4-17-15-18(5-2)14(20)12(22-15)7-9-6-10(16)8-11(21-3)13(9)19/h6-8,19H,4-5H2,1-3H3/b12-7-,17-15?. The van der Waals surface area contributed by atoms with Gasteiger partial charge in [-0.2, -0.15) is 0 Å². The van der Waals surface area contributed by atoms with Crippen LogP contribution in [0.2, 0.25) is 5.02 Å². The van der Waals surface area contributed by atoms with E-state index in [-0.39, 0.29) is 17.4 Å². The maximum atomic E-state index is 12.4. The number of benzene rings is 1. The van der Waals surface area contributed by atoms with Crippen LogP contribution in [-0.2, 0) is 4.79 Å². The fourth-order valence-corrected chi connectivity index (χ4v) is 3.35. The van der Waals surface area contributed by atoms with Gasteiger partial charge in [0, 0.05) is 29.7 Å². The number of rotatable bonds is 4. The van der Waals surface area contributed by atoms with E-state index in [1.165, 1.54) is 24.9 Å². The van der Waals surface area contributed by atoms with Gasteiger partial charge in [0.1, 0.15) is 0 Å². The normalized spacial score (nSPS) is 18.5. The van der Waals surface area contributed by atoms with Gasteiger partial charge in [0.25, 0.3) is 5.91 Å². The second kappa shape index (κ2) is 7.07. The molecule has 1 aromatic carbocycles. The van der Waals surface area contributed by atoms with E-state index in [1.807, 2.05) is 13.8 Å². The lowest BCUT2D eigenvalue weighted by Gasteiger charge is -2.11. The first kappa shape index (κ1) is 16.7. The Balaban J connectivity index is 2.44. The zero-order valence-corrected chi connectivity index (χ0v) is 14.2. The van der Waals surface area contributed by atoms with Gasteiger partial charge in [-0.05, 0) is 37.8 Å². The van der Waals surface area contributed by atoms with E-state index in [4.69, 9.17) is 16.3 Å². The SMILES string of the molecule is CCN=C1S/C(=C\c2cc(Cl)cc(OC)c2O)C(=O)N1CC. The first-order chi connectivity index (χ1) is 10.5. The van der Waals surface area contributed by atoms with E-state index in [2.05, 4.69) is 4.99 Å². The molecular weight excluding hydrogens is 324 g/mol. The third-order valence-electron chi connectivity index (χ3n) is 3.07. The van der Waals surface area contributed by atoms with Crippen molar-refractivity contribution in [3.63, 3.8) is 0 Å². The molecule has 1 N–H and O–H groups in total. The number of methoxy groups -OCH3 is 1. The van der Waals surface area contributed by atoms with Crippen LogP contribution in [0.1, 0.15) is 19.4 Å². The predicted octanol–water partition coefficient (Wildman–Crippen LogP) is 3.37. The molecule has 22 heavy (non-hydrogen) atoms. The van der Waals surface area contributed by atoms with Gasteiger partial charge >= 0.3 is 0 Å². The van der Waals surface area contributed by atoms with E-state index in [1.54, 1.807) is 17.0 Å². The number of hydrogen-bond donors (Lipinski definition) is 1. The number of likely N-dealkylation sites (N-methyl/N-ethyl adjacent to an activating group) is 1. The van der Waals surface area contributed by atoms with E-state index in [0.717, 1.165) is 0 Å². The van der Waals surface area contributed by atoms with Gasteiger partial charge in [-0.15, -0.1) is 0 Å². The highest BCUT2D eigenvalue weighted by molar-refractivity contribution is 8.18. The molecule has 1 aliphatic heterocycles. The van der Waals surface area contributed by atoms with E-state index < -0.39 is 0 Å². The smallest absolute Gasteiger partial charge is 0.266 e. The summed E-state index contributed by atoms with van der Waals surface area (Å²) in [6.45, 7) is 4.97. The van der Waals surface area contributed by atoms with Crippen LogP contribution in [-0.4, -0.2) is 41.3 Å². The topological polar surface area (TPSA) is 62.1 Å². The predicted molar refractivity (Wildman–Crippen MR) is 90.6 cm³/mol. The summed E-state index contributed by atoms with van der Waals surface area (Å²) in [4.78, 5) is 18.8. The zero-order chi connectivity index (χ0) is 16.3. The fourth-order valence-electron chi connectivity index (χ4n) is 2.04. The highest BCUT2D eigenvalue weighted by atomic mass is 35.5. The first-order valence-corrected chi connectivity index (χ1v) is 8.03. The Kier molecular flexibility index (Phi) is 5.37. The number of aliphatic imine (C=N–C) groups is 1. The quantitative estimate of drug-likeness (QED) is 0.854. The molecule has 0 saturated carbocycles. The molecule has 1 amide bonds. The van der Waals surface area contributed by atoms with E-state index in [9.17, 15) is 9.90 Å². The van der Waals surface area contributed by atoms with Crippen LogP contribution in [0.3, 0.4) is 0 Å². The number of nitrogens with zero attached hydrogens (tertiary/aromatic N) is 2. The first-order valence-electron chi connectivity index (χ1n) is 6.84. The molecule has 1 saturated heterocycles. The van der Waals surface area contributed by atoms with Crippen LogP contribution in [0.15, 0.2) is 22.0 Å². The van der Waals surface area contributed by atoms with Crippen LogP contribution in [0.4, 0.5) is 0 Å². The Labute approximate surface area is 138 Å². The fraction of sp³-hybridized carbons (Fsp3) is 0.333. The summed E-state index contributed by atoms with van der Waals surface area (Å²) < 4.78 is 5.07. The van der Waals surface area contributed by atoms with Crippen molar-refractivity contribution in [3.8, 4) is 11.5 Å². The minimum Gasteiger partial charge on any atom is -0.504 e. The summed E-state index contributed by atoms with van der Waals surface area (Å²) in [5.41, 5.74) is 0.439. The Morgan fingerprint density at radius 1 is 1.45 bits per heavy atom. The molecule has 0 aliphatic carbocycles. The van der Waals surface area contributed by atoms with Gasteiger partial charge in [-0.25, -0.2) is 0 Å². The molecule has 0 aromatic heterocycles. The van der Waals surface area contributed by atoms with Crippen LogP contribution < -0.4 is 4.74 Å². The Bertz CT molecular complexity index is 658. The third kappa shape index (κ3) is 3.23. The summed E-state index contributed by atoms with van der Waals surface area (Å²) in [7, 11) is 1.45. The highest BCUT2D eigenvalue weighted by Crippen LogP contribution is 2.38. The summed E-state index contributed by atoms with van der Waals surface area (Å²) in [6.07, 6.45) is 1.61. The van der Waals surface area contributed by atoms with E-state index in [0.29, 0.717) is 33.7 Å². The minimum atomic E-state index is -0.127. The average molecular weight is 341 g/mol. The molecule has 7 heteroatoms. The number of aromatic hydroxyl groups is 1. The summed E-state index contributed by atoms with van der Waals surface area (Å²) in [5, 5.41) is 11.3. The lowest BCUT2D eigenvalue weighted by Crippen LogP contribution is -2.28. The second-order valence-electron chi connectivity index (χ2n) is 4.46. The molecule has 1 fully saturated rings. The van der Waals surface area contributed by atoms with Gasteiger partial charge in [0.2, 0.25) is 0 Å².